The van der Waals surface area contributed by atoms with Crippen LogP contribution in [0.4, 0.5) is 0 Å². The quantitative estimate of drug-likeness (QED) is 0.592. The van der Waals surface area contributed by atoms with E-state index in [9.17, 15) is 9.59 Å². The highest BCUT2D eigenvalue weighted by molar-refractivity contribution is 5.93. The van der Waals surface area contributed by atoms with Crippen LogP contribution in [-0.4, -0.2) is 49.3 Å². The van der Waals surface area contributed by atoms with Crippen molar-refractivity contribution in [2.45, 2.75) is 40.2 Å². The van der Waals surface area contributed by atoms with Crippen molar-refractivity contribution >= 4 is 11.9 Å². The van der Waals surface area contributed by atoms with Crippen LogP contribution in [0, 0.1) is 6.92 Å². The molecule has 8 nitrogen and oxygen atoms in total. The summed E-state index contributed by atoms with van der Waals surface area (Å²) in [6.45, 7) is 7.78. The summed E-state index contributed by atoms with van der Waals surface area (Å²) in [5.41, 5.74) is 1.61. The second-order valence-electron chi connectivity index (χ2n) is 6.84. The van der Waals surface area contributed by atoms with Crippen LogP contribution >= 0.6 is 0 Å². The summed E-state index contributed by atoms with van der Waals surface area (Å²) >= 11 is 0. The number of carbonyl (C=O) groups is 2. The Morgan fingerprint density at radius 1 is 1.17 bits per heavy atom. The van der Waals surface area contributed by atoms with Gasteiger partial charge in [-0.05, 0) is 31.5 Å². The highest BCUT2D eigenvalue weighted by Crippen LogP contribution is 2.28. The standard InChI is InChI=1S/C21H28N2O6/c1-7-23(11-15-8-9-16(26-5)17(10-15)27-6)18(24)12-28-21(25)19-14(4)22-29-20(19)13(2)3/h8-10,13H,7,11-12H2,1-6H3. The fourth-order valence-corrected chi connectivity index (χ4v) is 2.90. The molecule has 0 bridgehead atoms. The number of nitrogens with zero attached hydrogens (tertiary/aromatic N) is 2. The lowest BCUT2D eigenvalue weighted by Gasteiger charge is -2.21. The molecule has 1 aromatic carbocycles. The van der Waals surface area contributed by atoms with Crippen molar-refractivity contribution in [2.24, 2.45) is 0 Å². The number of hydrogen-bond donors (Lipinski definition) is 0. The predicted molar refractivity (Wildman–Crippen MR) is 106 cm³/mol. The topological polar surface area (TPSA) is 91.1 Å². The summed E-state index contributed by atoms with van der Waals surface area (Å²) < 4.78 is 21.0. The first-order valence-corrected chi connectivity index (χ1v) is 9.44. The van der Waals surface area contributed by atoms with Gasteiger partial charge in [0, 0.05) is 19.0 Å². The minimum atomic E-state index is -0.608. The van der Waals surface area contributed by atoms with Gasteiger partial charge in [0.15, 0.2) is 23.9 Å². The molecule has 0 atom stereocenters. The van der Waals surface area contributed by atoms with Crippen LogP contribution in [0.5, 0.6) is 11.5 Å². The van der Waals surface area contributed by atoms with Gasteiger partial charge in [0.2, 0.25) is 0 Å². The Morgan fingerprint density at radius 2 is 1.86 bits per heavy atom. The summed E-state index contributed by atoms with van der Waals surface area (Å²) in [5, 5.41) is 3.83. The zero-order valence-corrected chi connectivity index (χ0v) is 17.8. The summed E-state index contributed by atoms with van der Waals surface area (Å²) in [6.07, 6.45) is 0. The number of aromatic nitrogens is 1. The number of ether oxygens (including phenoxy) is 3. The van der Waals surface area contributed by atoms with Crippen LogP contribution in [0.25, 0.3) is 0 Å². The molecule has 0 unspecified atom stereocenters. The molecule has 158 valence electrons. The van der Waals surface area contributed by atoms with E-state index in [4.69, 9.17) is 18.7 Å². The molecule has 2 rings (SSSR count). The van der Waals surface area contributed by atoms with Crippen molar-refractivity contribution in [3.8, 4) is 11.5 Å². The average Bonchev–Trinajstić information content (AvgIpc) is 3.11. The molecule has 2 aromatic rings. The third kappa shape index (κ3) is 5.28. The molecule has 0 saturated heterocycles. The highest BCUT2D eigenvalue weighted by atomic mass is 16.5. The largest absolute Gasteiger partial charge is 0.493 e. The molecular weight excluding hydrogens is 376 g/mol. The van der Waals surface area contributed by atoms with Gasteiger partial charge in [-0.3, -0.25) is 4.79 Å². The maximum absolute atomic E-state index is 12.6. The molecule has 0 aliphatic rings. The first kappa shape index (κ1) is 22.3. The van der Waals surface area contributed by atoms with Gasteiger partial charge in [-0.1, -0.05) is 25.1 Å². The van der Waals surface area contributed by atoms with E-state index in [0.717, 1.165) is 5.56 Å². The van der Waals surface area contributed by atoms with E-state index in [-0.39, 0.29) is 24.0 Å². The average molecular weight is 404 g/mol. The number of rotatable bonds is 9. The number of amides is 1. The molecule has 0 N–H and O–H groups in total. The van der Waals surface area contributed by atoms with Crippen LogP contribution in [-0.2, 0) is 16.1 Å². The van der Waals surface area contributed by atoms with E-state index in [0.29, 0.717) is 36.0 Å². The molecule has 8 heteroatoms. The number of carbonyl (C=O) groups excluding carboxylic acids is 2. The molecule has 1 amide bonds. The van der Waals surface area contributed by atoms with Crippen LogP contribution in [0.15, 0.2) is 22.7 Å². The lowest BCUT2D eigenvalue weighted by atomic mass is 10.1. The second-order valence-corrected chi connectivity index (χ2v) is 6.84. The fraction of sp³-hybridized carbons (Fsp3) is 0.476. The van der Waals surface area contributed by atoms with Crippen molar-refractivity contribution in [3.05, 3.63) is 40.8 Å². The molecule has 29 heavy (non-hydrogen) atoms. The molecule has 0 saturated carbocycles. The number of benzene rings is 1. The number of methoxy groups -OCH3 is 2. The van der Waals surface area contributed by atoms with E-state index >= 15 is 0 Å². The number of aryl methyl sites for hydroxylation is 1. The van der Waals surface area contributed by atoms with Gasteiger partial charge in [-0.25, -0.2) is 4.79 Å². The first-order valence-electron chi connectivity index (χ1n) is 9.44. The lowest BCUT2D eigenvalue weighted by molar-refractivity contribution is -0.134. The van der Waals surface area contributed by atoms with Gasteiger partial charge in [-0.15, -0.1) is 0 Å². The van der Waals surface area contributed by atoms with Gasteiger partial charge in [0.25, 0.3) is 5.91 Å². The minimum Gasteiger partial charge on any atom is -0.493 e. The Bertz CT molecular complexity index is 859. The Hall–Kier alpha value is -3.03. The van der Waals surface area contributed by atoms with Gasteiger partial charge < -0.3 is 23.6 Å². The molecule has 0 radical (unpaired) electrons. The Balaban J connectivity index is 2.03. The summed E-state index contributed by atoms with van der Waals surface area (Å²) in [6, 6.07) is 5.46. The van der Waals surface area contributed by atoms with Crippen LogP contribution < -0.4 is 9.47 Å². The van der Waals surface area contributed by atoms with Gasteiger partial charge >= 0.3 is 5.97 Å². The number of hydrogen-bond acceptors (Lipinski definition) is 7. The van der Waals surface area contributed by atoms with Crippen molar-refractivity contribution in [2.75, 3.05) is 27.4 Å². The number of esters is 1. The molecule has 0 fully saturated rings. The first-order chi connectivity index (χ1) is 13.8. The summed E-state index contributed by atoms with van der Waals surface area (Å²) in [5.74, 6) is 0.733. The van der Waals surface area contributed by atoms with Crippen molar-refractivity contribution < 1.29 is 28.3 Å². The Labute approximate surface area is 170 Å². The summed E-state index contributed by atoms with van der Waals surface area (Å²) in [4.78, 5) is 26.6. The number of likely N-dealkylation sites (N-methyl/N-ethyl adjacent to an activating group) is 1. The zero-order valence-electron chi connectivity index (χ0n) is 17.8. The van der Waals surface area contributed by atoms with Crippen molar-refractivity contribution in [1.82, 2.24) is 10.1 Å². The molecule has 0 aliphatic carbocycles. The second kappa shape index (κ2) is 9.95. The van der Waals surface area contributed by atoms with E-state index in [1.165, 1.54) is 0 Å². The normalized spacial score (nSPS) is 10.7. The van der Waals surface area contributed by atoms with Crippen LogP contribution in [0.1, 0.15) is 54.1 Å². The lowest BCUT2D eigenvalue weighted by Crippen LogP contribution is -2.34. The maximum atomic E-state index is 12.6. The molecule has 1 aromatic heterocycles. The monoisotopic (exact) mass is 404 g/mol. The van der Waals surface area contributed by atoms with E-state index in [1.807, 2.05) is 32.9 Å². The Kier molecular flexibility index (Phi) is 7.64. The zero-order chi connectivity index (χ0) is 21.6. The smallest absolute Gasteiger partial charge is 0.344 e. The van der Waals surface area contributed by atoms with E-state index in [1.54, 1.807) is 32.1 Å². The third-order valence-corrected chi connectivity index (χ3v) is 4.50. The predicted octanol–water partition coefficient (Wildman–Crippen LogP) is 3.33. The van der Waals surface area contributed by atoms with Crippen LogP contribution in [0.2, 0.25) is 0 Å². The fourth-order valence-electron chi connectivity index (χ4n) is 2.90. The molecule has 0 aliphatic heterocycles. The highest BCUT2D eigenvalue weighted by Gasteiger charge is 2.25. The molecule has 0 spiro atoms. The third-order valence-electron chi connectivity index (χ3n) is 4.50. The van der Waals surface area contributed by atoms with E-state index < -0.39 is 5.97 Å². The Morgan fingerprint density at radius 3 is 2.45 bits per heavy atom. The minimum absolute atomic E-state index is 0.0216. The van der Waals surface area contributed by atoms with Crippen LogP contribution in [0.3, 0.4) is 0 Å². The maximum Gasteiger partial charge on any atom is 0.344 e. The van der Waals surface area contributed by atoms with Crippen molar-refractivity contribution in [1.29, 1.82) is 0 Å². The van der Waals surface area contributed by atoms with Crippen molar-refractivity contribution in [3.63, 3.8) is 0 Å². The van der Waals surface area contributed by atoms with Gasteiger partial charge in [-0.2, -0.15) is 0 Å². The summed E-state index contributed by atoms with van der Waals surface area (Å²) in [7, 11) is 3.12. The molecule has 1 heterocycles. The SMILES string of the molecule is CCN(Cc1ccc(OC)c(OC)c1)C(=O)COC(=O)c1c(C)noc1C(C)C. The molecular formula is C21H28N2O6. The van der Waals surface area contributed by atoms with Gasteiger partial charge in [0.05, 0.1) is 19.9 Å². The van der Waals surface area contributed by atoms with E-state index in [2.05, 4.69) is 5.16 Å². The van der Waals surface area contributed by atoms with Gasteiger partial charge in [0.1, 0.15) is 5.56 Å².